The minimum atomic E-state index is -0.532. The number of aromatic nitrogens is 2. The molecule has 4 aromatic rings. The van der Waals surface area contributed by atoms with Gasteiger partial charge in [0.25, 0.3) is 5.56 Å². The van der Waals surface area contributed by atoms with E-state index >= 15 is 0 Å². The van der Waals surface area contributed by atoms with Crippen molar-refractivity contribution < 1.29 is 23.8 Å². The largest absolute Gasteiger partial charge is 0.465 e. The van der Waals surface area contributed by atoms with Crippen molar-refractivity contribution in [2.24, 2.45) is 0 Å². The Morgan fingerprint density at radius 1 is 1.03 bits per heavy atom. The van der Waals surface area contributed by atoms with Gasteiger partial charge >= 0.3 is 5.97 Å². The zero-order valence-electron chi connectivity index (χ0n) is 19.0. The average Bonchev–Trinajstić information content (AvgIpc) is 3.36. The van der Waals surface area contributed by atoms with Crippen LogP contribution in [-0.2, 0) is 11.3 Å². The number of hydrogen-bond acceptors (Lipinski definition) is 8. The number of fused-ring (bicyclic) bond motifs is 2. The first-order valence-corrected chi connectivity index (χ1v) is 12.2. The van der Waals surface area contributed by atoms with E-state index in [1.165, 1.54) is 23.8 Å². The standard InChI is InChI=1S/C26H19ClN2O6S/c1-33-25(32)17-5-8-19-20(11-17)28-26(36-13-21(30)16-3-6-18(27)7-4-16)29(24(19)31)12-15-2-9-22-23(10-15)35-14-34-22/h2-11H,12-14H2,1H3. The third-order valence-electron chi connectivity index (χ3n) is 5.62. The van der Waals surface area contributed by atoms with Crippen LogP contribution in [0.1, 0.15) is 26.3 Å². The average molecular weight is 523 g/mol. The number of esters is 1. The molecule has 5 rings (SSSR count). The lowest BCUT2D eigenvalue weighted by Gasteiger charge is -2.14. The summed E-state index contributed by atoms with van der Waals surface area (Å²) in [6.07, 6.45) is 0. The fourth-order valence-electron chi connectivity index (χ4n) is 3.77. The van der Waals surface area contributed by atoms with E-state index in [4.69, 9.17) is 25.8 Å². The van der Waals surface area contributed by atoms with Crippen molar-refractivity contribution in [1.82, 2.24) is 9.55 Å². The van der Waals surface area contributed by atoms with Gasteiger partial charge in [-0.05, 0) is 60.2 Å². The number of nitrogens with zero attached hydrogens (tertiary/aromatic N) is 2. The van der Waals surface area contributed by atoms with Crippen LogP contribution in [0.5, 0.6) is 11.5 Å². The molecule has 0 fully saturated rings. The van der Waals surface area contributed by atoms with Crippen LogP contribution >= 0.6 is 23.4 Å². The molecule has 2 heterocycles. The minimum Gasteiger partial charge on any atom is -0.465 e. The van der Waals surface area contributed by atoms with E-state index in [1.807, 2.05) is 12.1 Å². The lowest BCUT2D eigenvalue weighted by Crippen LogP contribution is -2.24. The van der Waals surface area contributed by atoms with E-state index in [1.54, 1.807) is 36.4 Å². The van der Waals surface area contributed by atoms with Gasteiger partial charge in [0.05, 0.1) is 35.9 Å². The second-order valence-electron chi connectivity index (χ2n) is 7.92. The Balaban J connectivity index is 1.53. The highest BCUT2D eigenvalue weighted by Crippen LogP contribution is 2.33. The molecular weight excluding hydrogens is 504 g/mol. The monoisotopic (exact) mass is 522 g/mol. The van der Waals surface area contributed by atoms with Crippen LogP contribution in [0.2, 0.25) is 5.02 Å². The lowest BCUT2D eigenvalue weighted by molar-refractivity contribution is 0.0600. The molecule has 10 heteroatoms. The summed E-state index contributed by atoms with van der Waals surface area (Å²) >= 11 is 7.07. The number of hydrogen-bond donors (Lipinski definition) is 0. The summed E-state index contributed by atoms with van der Waals surface area (Å²) in [7, 11) is 1.28. The van der Waals surface area contributed by atoms with E-state index in [9.17, 15) is 14.4 Å². The summed E-state index contributed by atoms with van der Waals surface area (Å²) in [6.45, 7) is 0.349. The van der Waals surface area contributed by atoms with Gasteiger partial charge in [-0.3, -0.25) is 14.2 Å². The molecule has 0 radical (unpaired) electrons. The first-order chi connectivity index (χ1) is 17.4. The first-order valence-electron chi connectivity index (χ1n) is 10.9. The Bertz CT molecular complexity index is 1550. The molecule has 1 aromatic heterocycles. The summed E-state index contributed by atoms with van der Waals surface area (Å²) in [4.78, 5) is 43.0. The molecule has 0 saturated heterocycles. The van der Waals surface area contributed by atoms with Gasteiger partial charge in [0, 0.05) is 10.6 Å². The molecule has 0 spiro atoms. The molecule has 0 bridgehead atoms. The van der Waals surface area contributed by atoms with Crippen LogP contribution in [0, 0.1) is 0 Å². The van der Waals surface area contributed by atoms with Crippen molar-refractivity contribution in [3.63, 3.8) is 0 Å². The van der Waals surface area contributed by atoms with Crippen molar-refractivity contribution in [3.8, 4) is 11.5 Å². The molecule has 0 atom stereocenters. The molecule has 0 unspecified atom stereocenters. The van der Waals surface area contributed by atoms with E-state index < -0.39 is 5.97 Å². The fraction of sp³-hybridized carbons (Fsp3) is 0.154. The van der Waals surface area contributed by atoms with Gasteiger partial charge in [-0.25, -0.2) is 9.78 Å². The number of carbonyl (C=O) groups is 2. The Hall–Kier alpha value is -3.82. The number of ether oxygens (including phenoxy) is 3. The van der Waals surface area contributed by atoms with Crippen molar-refractivity contribution >= 4 is 46.0 Å². The molecule has 0 N–H and O–H groups in total. The summed E-state index contributed by atoms with van der Waals surface area (Å²) in [5.74, 6) is 0.627. The Morgan fingerprint density at radius 2 is 1.78 bits per heavy atom. The van der Waals surface area contributed by atoms with E-state index in [0.29, 0.717) is 38.1 Å². The van der Waals surface area contributed by atoms with Gasteiger partial charge in [0.1, 0.15) is 0 Å². The minimum absolute atomic E-state index is 0.0530. The SMILES string of the molecule is COC(=O)c1ccc2c(=O)n(Cc3ccc4c(c3)OCO4)c(SCC(=O)c3ccc(Cl)cc3)nc2c1. The van der Waals surface area contributed by atoms with Crippen molar-refractivity contribution in [3.05, 3.63) is 92.7 Å². The molecule has 1 aliphatic heterocycles. The molecule has 36 heavy (non-hydrogen) atoms. The van der Waals surface area contributed by atoms with Crippen LogP contribution in [0.3, 0.4) is 0 Å². The van der Waals surface area contributed by atoms with Crippen LogP contribution in [-0.4, -0.2) is 41.0 Å². The van der Waals surface area contributed by atoms with Gasteiger partial charge < -0.3 is 14.2 Å². The highest BCUT2D eigenvalue weighted by atomic mass is 35.5. The van der Waals surface area contributed by atoms with Gasteiger partial charge in [0.2, 0.25) is 6.79 Å². The maximum absolute atomic E-state index is 13.5. The molecular formula is C26H19ClN2O6S. The van der Waals surface area contributed by atoms with E-state index in [0.717, 1.165) is 17.3 Å². The third kappa shape index (κ3) is 4.80. The molecule has 1 aliphatic rings. The quantitative estimate of drug-likeness (QED) is 0.150. The van der Waals surface area contributed by atoms with Gasteiger partial charge in [-0.1, -0.05) is 29.4 Å². The summed E-state index contributed by atoms with van der Waals surface area (Å²) in [5, 5.41) is 1.22. The van der Waals surface area contributed by atoms with Gasteiger partial charge in [-0.2, -0.15) is 0 Å². The number of thioether (sulfide) groups is 1. The number of halogens is 1. The molecule has 0 aliphatic carbocycles. The summed E-state index contributed by atoms with van der Waals surface area (Å²) in [5.41, 5.74) is 1.63. The Labute approximate surface area is 214 Å². The number of carbonyl (C=O) groups excluding carboxylic acids is 2. The van der Waals surface area contributed by atoms with Crippen LogP contribution in [0.15, 0.2) is 70.6 Å². The number of rotatable bonds is 7. The second-order valence-corrected chi connectivity index (χ2v) is 9.29. The zero-order valence-corrected chi connectivity index (χ0v) is 20.6. The number of Topliss-reactive ketones (excluding diaryl/α,β-unsaturated/α-hetero) is 1. The molecule has 0 saturated carbocycles. The van der Waals surface area contributed by atoms with Gasteiger partial charge in [-0.15, -0.1) is 0 Å². The zero-order chi connectivity index (χ0) is 25.2. The highest BCUT2D eigenvalue weighted by molar-refractivity contribution is 7.99. The molecule has 0 amide bonds. The Morgan fingerprint density at radius 3 is 2.56 bits per heavy atom. The summed E-state index contributed by atoms with van der Waals surface area (Å²) < 4.78 is 17.1. The fourth-order valence-corrected chi connectivity index (χ4v) is 4.79. The third-order valence-corrected chi connectivity index (χ3v) is 6.85. The molecule has 182 valence electrons. The number of methoxy groups -OCH3 is 1. The Kier molecular flexibility index (Phi) is 6.67. The topological polar surface area (TPSA) is 96.7 Å². The maximum Gasteiger partial charge on any atom is 0.337 e. The van der Waals surface area contributed by atoms with E-state index in [-0.39, 0.29) is 36.0 Å². The smallest absolute Gasteiger partial charge is 0.337 e. The van der Waals surface area contributed by atoms with Crippen LogP contribution in [0.25, 0.3) is 10.9 Å². The van der Waals surface area contributed by atoms with E-state index in [2.05, 4.69) is 4.98 Å². The van der Waals surface area contributed by atoms with Crippen molar-refractivity contribution in [1.29, 1.82) is 0 Å². The predicted octanol–water partition coefficient (Wildman–Crippen LogP) is 4.59. The van der Waals surface area contributed by atoms with Crippen molar-refractivity contribution in [2.45, 2.75) is 11.7 Å². The predicted molar refractivity (Wildman–Crippen MR) is 136 cm³/mol. The first kappa shape index (κ1) is 23.9. The van der Waals surface area contributed by atoms with Crippen LogP contribution < -0.4 is 15.0 Å². The lowest BCUT2D eigenvalue weighted by atomic mass is 10.1. The molecule has 3 aromatic carbocycles. The summed E-state index contributed by atoms with van der Waals surface area (Å²) in [6, 6.07) is 16.6. The maximum atomic E-state index is 13.5. The second kappa shape index (κ2) is 10.0. The number of ketones is 1. The van der Waals surface area contributed by atoms with Crippen molar-refractivity contribution in [2.75, 3.05) is 19.7 Å². The number of benzene rings is 3. The van der Waals surface area contributed by atoms with Gasteiger partial charge in [0.15, 0.2) is 22.4 Å². The highest BCUT2D eigenvalue weighted by Gasteiger charge is 2.18. The van der Waals surface area contributed by atoms with Crippen LogP contribution in [0.4, 0.5) is 0 Å². The normalized spacial score (nSPS) is 12.1. The molecule has 8 nitrogen and oxygen atoms in total.